The predicted molar refractivity (Wildman–Crippen MR) is 198 cm³/mol. The van der Waals surface area contributed by atoms with Gasteiger partial charge in [0.05, 0.1) is 31.5 Å². The van der Waals surface area contributed by atoms with Gasteiger partial charge in [-0.2, -0.15) is 0 Å². The number of hydrogen-bond donors (Lipinski definition) is 5. The highest BCUT2D eigenvalue weighted by Crippen LogP contribution is 2.46. The van der Waals surface area contributed by atoms with Crippen LogP contribution in [0.15, 0.2) is 72.8 Å². The van der Waals surface area contributed by atoms with Crippen molar-refractivity contribution in [1.82, 2.24) is 15.4 Å². The maximum Gasteiger partial charge on any atom is 0.326 e. The number of ether oxygens (including phenoxy) is 1. The summed E-state index contributed by atoms with van der Waals surface area (Å²) in [6.07, 6.45) is 0.0884. The van der Waals surface area contributed by atoms with E-state index in [9.17, 15) is 42.2 Å². The quantitative estimate of drug-likeness (QED) is 0.114. The molecule has 0 spiro atoms. The molecule has 13 nitrogen and oxygen atoms in total. The fourth-order valence-electron chi connectivity index (χ4n) is 5.17. The van der Waals surface area contributed by atoms with Gasteiger partial charge in [0.2, 0.25) is 21.8 Å². The lowest BCUT2D eigenvalue weighted by Gasteiger charge is -2.47. The molecule has 1 fully saturated rings. The van der Waals surface area contributed by atoms with Gasteiger partial charge in [0.15, 0.2) is 6.61 Å². The number of hydrogen-bond acceptors (Lipinski definition) is 9. The minimum Gasteiger partial charge on any atom is -0.484 e. The Hall–Kier alpha value is -4.95. The summed E-state index contributed by atoms with van der Waals surface area (Å²) in [6, 6.07) is 17.3. The molecule has 3 amide bonds. The number of benzene rings is 3. The van der Waals surface area contributed by atoms with Crippen LogP contribution >= 0.6 is 11.8 Å². The number of carboxylic acids is 1. The molecule has 53 heavy (non-hydrogen) atoms. The highest BCUT2D eigenvalue weighted by molar-refractivity contribution is 8.00. The molecule has 1 aliphatic rings. The molecule has 0 aromatic heterocycles. The number of carboxylic acid groups (broad SMARTS) is 1. The lowest BCUT2D eigenvalue weighted by molar-refractivity contribution is -0.144. The molecule has 5 N–H and O–H groups in total. The summed E-state index contributed by atoms with van der Waals surface area (Å²) in [5, 5.41) is 24.3. The van der Waals surface area contributed by atoms with Crippen molar-refractivity contribution >= 4 is 51.2 Å². The number of β-lactam (4-membered cyclic amide) rings is 1. The first kappa shape index (κ1) is 39.3. The molecule has 1 saturated heterocycles. The van der Waals surface area contributed by atoms with Gasteiger partial charge in [-0.1, -0.05) is 56.9 Å². The summed E-state index contributed by atoms with van der Waals surface area (Å²) in [4.78, 5) is 51.5. The largest absolute Gasteiger partial charge is 0.484 e. The van der Waals surface area contributed by atoms with Gasteiger partial charge in [0, 0.05) is 18.4 Å². The summed E-state index contributed by atoms with van der Waals surface area (Å²) in [5.74, 6) is 2.79. The van der Waals surface area contributed by atoms with Crippen molar-refractivity contribution in [2.75, 3.05) is 36.6 Å². The van der Waals surface area contributed by atoms with E-state index in [2.05, 4.69) is 27.2 Å². The van der Waals surface area contributed by atoms with E-state index in [1.54, 1.807) is 53.4 Å². The number of sulfonamides is 1. The second-order valence-corrected chi connectivity index (χ2v) is 15.9. The highest BCUT2D eigenvalue weighted by Gasteiger charge is 2.49. The SMILES string of the molecule is [2H]CC(C)(C)[C@H](NC(=O)CNC(=O)COc1ccc([C@@H]2[C@@H](SC[C@H](O)c3ccc(F)cc3)C(=O)N2c2ccc(C#CCNS(C)(=O)=O)cc2)cc1)C(=O)O. The van der Waals surface area contributed by atoms with Crippen molar-refractivity contribution in [2.45, 2.75) is 44.2 Å². The lowest BCUT2D eigenvalue weighted by atomic mass is 9.87. The number of carbonyl (C=O) groups excluding carboxylic acids is 3. The second kappa shape index (κ2) is 17.7. The van der Waals surface area contributed by atoms with Crippen LogP contribution in [-0.2, 0) is 29.2 Å². The van der Waals surface area contributed by atoms with Crippen molar-refractivity contribution in [2.24, 2.45) is 5.41 Å². The van der Waals surface area contributed by atoms with E-state index in [-0.39, 0.29) is 25.1 Å². The van der Waals surface area contributed by atoms with Crippen LogP contribution in [-0.4, -0.2) is 85.3 Å². The number of anilines is 1. The maximum atomic E-state index is 13.6. The third-order valence-electron chi connectivity index (χ3n) is 7.91. The van der Waals surface area contributed by atoms with E-state index in [0.29, 0.717) is 22.6 Å². The Morgan fingerprint density at radius 3 is 2.32 bits per heavy atom. The minimum atomic E-state index is -3.38. The van der Waals surface area contributed by atoms with Crippen molar-refractivity contribution in [3.8, 4) is 17.6 Å². The molecule has 0 saturated carbocycles. The molecule has 16 heteroatoms. The molecule has 3 aromatic rings. The van der Waals surface area contributed by atoms with E-state index in [4.69, 9.17) is 6.11 Å². The Kier molecular flexibility index (Phi) is 13.1. The average molecular weight is 770 g/mol. The molecule has 0 aliphatic carbocycles. The van der Waals surface area contributed by atoms with Crippen molar-refractivity contribution < 1.29 is 48.3 Å². The van der Waals surface area contributed by atoms with Crippen LogP contribution in [0.5, 0.6) is 5.75 Å². The topological polar surface area (TPSA) is 191 Å². The van der Waals surface area contributed by atoms with Gasteiger partial charge in [-0.25, -0.2) is 22.3 Å². The van der Waals surface area contributed by atoms with Crippen molar-refractivity contribution in [1.29, 1.82) is 0 Å². The van der Waals surface area contributed by atoms with Crippen LogP contribution in [0.2, 0.25) is 0 Å². The van der Waals surface area contributed by atoms with Crippen LogP contribution < -0.4 is 25.0 Å². The van der Waals surface area contributed by atoms with Gasteiger partial charge in [0.1, 0.15) is 22.9 Å². The third kappa shape index (κ3) is 11.8. The first-order valence-corrected chi connectivity index (χ1v) is 19.2. The van der Waals surface area contributed by atoms with E-state index in [1.165, 1.54) is 49.9 Å². The molecule has 0 bridgehead atoms. The van der Waals surface area contributed by atoms with Crippen LogP contribution in [0.3, 0.4) is 0 Å². The molecule has 4 rings (SSSR count). The summed E-state index contributed by atoms with van der Waals surface area (Å²) in [6.45, 7) is 1.85. The molecule has 1 heterocycles. The van der Waals surface area contributed by atoms with Gasteiger partial charge in [-0.05, 0) is 65.1 Å². The number of thioether (sulfide) groups is 1. The average Bonchev–Trinajstić information content (AvgIpc) is 3.13. The van der Waals surface area contributed by atoms with Crippen LogP contribution in [0, 0.1) is 23.1 Å². The Bertz CT molecular complexity index is 1990. The molecular formula is C37H41FN4O9S2. The zero-order valence-electron chi connectivity index (χ0n) is 30.2. The molecule has 0 radical (unpaired) electrons. The second-order valence-electron chi connectivity index (χ2n) is 12.9. The smallest absolute Gasteiger partial charge is 0.326 e. The van der Waals surface area contributed by atoms with Crippen molar-refractivity contribution in [3.05, 3.63) is 95.3 Å². The van der Waals surface area contributed by atoms with E-state index >= 15 is 0 Å². The minimum absolute atomic E-state index is 0.0566. The Labute approximate surface area is 313 Å². The molecule has 1 aliphatic heterocycles. The number of aliphatic hydroxyl groups excluding tert-OH is 1. The molecule has 4 atom stereocenters. The predicted octanol–water partition coefficient (Wildman–Crippen LogP) is 2.76. The molecular weight excluding hydrogens is 728 g/mol. The first-order chi connectivity index (χ1) is 25.5. The van der Waals surface area contributed by atoms with Crippen LogP contribution in [0.25, 0.3) is 0 Å². The summed E-state index contributed by atoms with van der Waals surface area (Å²) < 4.78 is 51.4. The van der Waals surface area contributed by atoms with E-state index < -0.39 is 75.6 Å². The lowest BCUT2D eigenvalue weighted by Crippen LogP contribution is -2.57. The number of nitrogens with zero attached hydrogens (tertiary/aromatic N) is 1. The molecule has 0 unspecified atom stereocenters. The first-order valence-electron chi connectivity index (χ1n) is 16.9. The standard InChI is InChI=1S/C37H41FN4O9S2/c1-37(2,3)34(36(47)48)41-30(44)20-39-31(45)21-51-28-17-11-25(12-18-28)32-33(52-22-29(43)24-9-13-26(38)14-10-24)35(46)42(32)27-15-7-23(8-16-27)6-5-19-40-53(4,49)50/h7-18,29,32-34,40,43H,19-22H2,1-4H3,(H,39,45)(H,41,44)(H,47,48)/t29-,32+,33+,34+/m0/s1/i1D. The van der Waals surface area contributed by atoms with Gasteiger partial charge < -0.3 is 30.5 Å². The van der Waals surface area contributed by atoms with Gasteiger partial charge in [-0.15, -0.1) is 11.8 Å². The summed E-state index contributed by atoms with van der Waals surface area (Å²) in [5.41, 5.74) is 1.40. The van der Waals surface area contributed by atoms with Crippen LogP contribution in [0.1, 0.15) is 51.0 Å². The number of halogens is 1. The Morgan fingerprint density at radius 1 is 1.06 bits per heavy atom. The third-order valence-corrected chi connectivity index (χ3v) is 9.90. The Balaban J connectivity index is 1.42. The number of nitrogens with one attached hydrogen (secondary N) is 3. The number of amides is 3. The van der Waals surface area contributed by atoms with E-state index in [1.807, 2.05) is 0 Å². The Morgan fingerprint density at radius 2 is 1.72 bits per heavy atom. The monoisotopic (exact) mass is 769 g/mol. The summed E-state index contributed by atoms with van der Waals surface area (Å²) >= 11 is 1.26. The number of carbonyl (C=O) groups is 4. The van der Waals surface area contributed by atoms with Gasteiger partial charge in [-0.3, -0.25) is 14.4 Å². The number of aliphatic hydroxyl groups is 1. The zero-order chi connectivity index (χ0) is 39.6. The normalized spacial score (nSPS) is 17.0. The van der Waals surface area contributed by atoms with E-state index in [0.717, 1.165) is 11.8 Å². The van der Waals surface area contributed by atoms with Gasteiger partial charge >= 0.3 is 5.97 Å². The fourth-order valence-corrected chi connectivity index (χ4v) is 6.81. The fraction of sp³-hybridized carbons (Fsp3) is 0.351. The zero-order valence-corrected chi connectivity index (χ0v) is 30.8. The molecule has 3 aromatic carbocycles. The number of aliphatic carboxylic acids is 1. The van der Waals surface area contributed by atoms with Crippen molar-refractivity contribution in [3.63, 3.8) is 0 Å². The summed E-state index contributed by atoms with van der Waals surface area (Å²) in [7, 11) is -3.38. The highest BCUT2D eigenvalue weighted by atomic mass is 32.2. The van der Waals surface area contributed by atoms with Crippen LogP contribution in [0.4, 0.5) is 10.1 Å². The number of rotatable bonds is 15. The maximum absolute atomic E-state index is 13.6. The van der Waals surface area contributed by atoms with Gasteiger partial charge in [0.25, 0.3) is 5.91 Å². The molecule has 282 valence electrons.